The molecule has 0 saturated heterocycles. The Kier molecular flexibility index (Phi) is 5.55. The van der Waals surface area contributed by atoms with Crippen LogP contribution in [0.2, 0.25) is 0 Å². The Labute approximate surface area is 154 Å². The van der Waals surface area contributed by atoms with Crippen molar-refractivity contribution in [3.63, 3.8) is 0 Å². The van der Waals surface area contributed by atoms with Crippen LogP contribution in [0.25, 0.3) is 11.3 Å². The highest BCUT2D eigenvalue weighted by atomic mass is 19.1. The molecule has 0 aliphatic carbocycles. The molecule has 0 fully saturated rings. The maximum atomic E-state index is 12.8. The minimum absolute atomic E-state index is 0.0443. The van der Waals surface area contributed by atoms with E-state index in [-0.39, 0.29) is 16.9 Å². The standard InChI is InChI=1S/C19H17FN4O3/c1-2-24-18(25)17(22-14-9-6-10-21-11-14)15(19(26)27-12-20)16(23-24)13-7-4-3-5-8-13/h3-11,22H,2,12H2,1H3. The first-order chi connectivity index (χ1) is 13.2. The number of ether oxygens (including phenoxy) is 1. The maximum absolute atomic E-state index is 12.8. The van der Waals surface area contributed by atoms with Crippen molar-refractivity contribution in [3.05, 3.63) is 70.8 Å². The van der Waals surface area contributed by atoms with E-state index in [2.05, 4.69) is 20.1 Å². The molecular formula is C19H17FN4O3. The molecule has 0 spiro atoms. The number of nitrogens with one attached hydrogen (secondary N) is 1. The van der Waals surface area contributed by atoms with Gasteiger partial charge in [0.25, 0.3) is 5.56 Å². The van der Waals surface area contributed by atoms with E-state index in [1.807, 2.05) is 6.07 Å². The number of hydrogen-bond donors (Lipinski definition) is 1. The third-order valence-electron chi connectivity index (χ3n) is 3.82. The van der Waals surface area contributed by atoms with Crippen molar-refractivity contribution in [2.75, 3.05) is 12.2 Å². The van der Waals surface area contributed by atoms with Crippen LogP contribution in [0.3, 0.4) is 0 Å². The molecule has 0 bridgehead atoms. The van der Waals surface area contributed by atoms with Gasteiger partial charge in [0, 0.05) is 18.3 Å². The summed E-state index contributed by atoms with van der Waals surface area (Å²) in [5.41, 5.74) is 0.625. The number of aryl methyl sites for hydroxylation is 1. The highest BCUT2D eigenvalue weighted by Crippen LogP contribution is 2.27. The Morgan fingerprint density at radius 2 is 2.00 bits per heavy atom. The largest absolute Gasteiger partial charge is 0.430 e. The zero-order chi connectivity index (χ0) is 19.2. The third-order valence-corrected chi connectivity index (χ3v) is 3.82. The Morgan fingerprint density at radius 3 is 2.63 bits per heavy atom. The molecule has 2 aromatic heterocycles. The molecular weight excluding hydrogens is 351 g/mol. The van der Waals surface area contributed by atoms with Gasteiger partial charge in [-0.05, 0) is 19.1 Å². The smallest absolute Gasteiger partial charge is 0.345 e. The number of benzene rings is 1. The Balaban J connectivity index is 2.28. The van der Waals surface area contributed by atoms with E-state index in [1.165, 1.54) is 10.9 Å². The van der Waals surface area contributed by atoms with E-state index in [0.717, 1.165) is 0 Å². The fourth-order valence-electron chi connectivity index (χ4n) is 2.60. The van der Waals surface area contributed by atoms with E-state index in [0.29, 0.717) is 17.8 Å². The van der Waals surface area contributed by atoms with Crippen molar-refractivity contribution in [2.24, 2.45) is 0 Å². The predicted molar refractivity (Wildman–Crippen MR) is 98.5 cm³/mol. The van der Waals surface area contributed by atoms with Gasteiger partial charge in [-0.1, -0.05) is 30.3 Å². The van der Waals surface area contributed by atoms with Gasteiger partial charge in [0.2, 0.25) is 6.86 Å². The van der Waals surface area contributed by atoms with Gasteiger partial charge in [0.15, 0.2) is 0 Å². The SMILES string of the molecule is CCn1nc(-c2ccccc2)c(C(=O)OCF)c(Nc2cccnc2)c1=O. The number of hydrogen-bond acceptors (Lipinski definition) is 6. The van der Waals surface area contributed by atoms with Gasteiger partial charge < -0.3 is 10.1 Å². The molecule has 0 atom stereocenters. The van der Waals surface area contributed by atoms with E-state index in [9.17, 15) is 14.0 Å². The number of pyridine rings is 1. The summed E-state index contributed by atoms with van der Waals surface area (Å²) < 4.78 is 18.5. The number of rotatable bonds is 6. The molecule has 8 heteroatoms. The second-order valence-corrected chi connectivity index (χ2v) is 5.49. The lowest BCUT2D eigenvalue weighted by Crippen LogP contribution is -2.29. The molecule has 0 saturated carbocycles. The Bertz CT molecular complexity index is 991. The van der Waals surface area contributed by atoms with Gasteiger partial charge in [-0.15, -0.1) is 0 Å². The van der Waals surface area contributed by atoms with Gasteiger partial charge in [0.05, 0.1) is 11.9 Å². The summed E-state index contributed by atoms with van der Waals surface area (Å²) >= 11 is 0. The van der Waals surface area contributed by atoms with E-state index >= 15 is 0 Å². The molecule has 3 rings (SSSR count). The monoisotopic (exact) mass is 368 g/mol. The summed E-state index contributed by atoms with van der Waals surface area (Å²) in [6, 6.07) is 12.2. The van der Waals surface area contributed by atoms with Crippen molar-refractivity contribution >= 4 is 17.3 Å². The minimum Gasteiger partial charge on any atom is -0.430 e. The van der Waals surface area contributed by atoms with Crippen molar-refractivity contribution in [2.45, 2.75) is 13.5 Å². The highest BCUT2D eigenvalue weighted by molar-refractivity contribution is 6.02. The molecule has 0 radical (unpaired) electrons. The van der Waals surface area contributed by atoms with Gasteiger partial charge in [-0.3, -0.25) is 9.78 Å². The molecule has 2 heterocycles. The van der Waals surface area contributed by atoms with E-state index < -0.39 is 18.4 Å². The lowest BCUT2D eigenvalue weighted by molar-refractivity contribution is 0.0325. The first kappa shape index (κ1) is 18.2. The van der Waals surface area contributed by atoms with Crippen molar-refractivity contribution in [3.8, 4) is 11.3 Å². The van der Waals surface area contributed by atoms with Crippen LogP contribution in [0.1, 0.15) is 17.3 Å². The number of carbonyl (C=O) groups is 1. The second-order valence-electron chi connectivity index (χ2n) is 5.49. The van der Waals surface area contributed by atoms with Crippen LogP contribution in [-0.2, 0) is 11.3 Å². The molecule has 1 aromatic carbocycles. The van der Waals surface area contributed by atoms with Crippen LogP contribution in [0, 0.1) is 0 Å². The lowest BCUT2D eigenvalue weighted by atomic mass is 10.0. The molecule has 138 valence electrons. The molecule has 7 nitrogen and oxygen atoms in total. The Hall–Kier alpha value is -3.55. The van der Waals surface area contributed by atoms with Crippen molar-refractivity contribution in [1.82, 2.24) is 14.8 Å². The van der Waals surface area contributed by atoms with Gasteiger partial charge in [-0.25, -0.2) is 13.9 Å². The van der Waals surface area contributed by atoms with Gasteiger partial charge in [-0.2, -0.15) is 5.10 Å². The van der Waals surface area contributed by atoms with Gasteiger partial charge in [0.1, 0.15) is 16.9 Å². The molecule has 1 N–H and O–H groups in total. The van der Waals surface area contributed by atoms with Crippen molar-refractivity contribution in [1.29, 1.82) is 0 Å². The minimum atomic E-state index is -1.31. The molecule has 0 amide bonds. The zero-order valence-corrected chi connectivity index (χ0v) is 14.6. The quantitative estimate of drug-likeness (QED) is 0.673. The molecule has 3 aromatic rings. The zero-order valence-electron chi connectivity index (χ0n) is 14.6. The summed E-state index contributed by atoms with van der Waals surface area (Å²) in [5.74, 6) is -0.976. The summed E-state index contributed by atoms with van der Waals surface area (Å²) in [5, 5.41) is 7.20. The van der Waals surface area contributed by atoms with Crippen LogP contribution >= 0.6 is 0 Å². The number of aromatic nitrogens is 3. The molecule has 0 unspecified atom stereocenters. The van der Waals surface area contributed by atoms with Crippen LogP contribution in [0.15, 0.2) is 59.7 Å². The second kappa shape index (κ2) is 8.22. The molecule has 27 heavy (non-hydrogen) atoms. The van der Waals surface area contributed by atoms with Crippen LogP contribution in [-0.4, -0.2) is 27.6 Å². The maximum Gasteiger partial charge on any atom is 0.345 e. The number of esters is 1. The average Bonchev–Trinajstić information content (AvgIpc) is 2.71. The summed E-state index contributed by atoms with van der Waals surface area (Å²) in [4.78, 5) is 29.3. The third kappa shape index (κ3) is 3.84. The highest BCUT2D eigenvalue weighted by Gasteiger charge is 2.25. The van der Waals surface area contributed by atoms with Crippen LogP contribution in [0.5, 0.6) is 0 Å². The number of nitrogens with zero attached hydrogens (tertiary/aromatic N) is 3. The normalized spacial score (nSPS) is 10.4. The number of anilines is 2. The number of carbonyl (C=O) groups excluding carboxylic acids is 1. The fourth-order valence-corrected chi connectivity index (χ4v) is 2.60. The summed E-state index contributed by atoms with van der Waals surface area (Å²) in [6.45, 7) is 0.742. The van der Waals surface area contributed by atoms with Crippen molar-refractivity contribution < 1.29 is 13.9 Å². The molecule has 0 aliphatic rings. The predicted octanol–water partition coefficient (Wildman–Crippen LogP) is 3.15. The first-order valence-corrected chi connectivity index (χ1v) is 8.26. The number of halogens is 1. The lowest BCUT2D eigenvalue weighted by Gasteiger charge is -2.16. The molecule has 0 aliphatic heterocycles. The summed E-state index contributed by atoms with van der Waals surface area (Å²) in [6.07, 6.45) is 3.08. The van der Waals surface area contributed by atoms with Crippen LogP contribution in [0.4, 0.5) is 15.8 Å². The first-order valence-electron chi connectivity index (χ1n) is 8.26. The topological polar surface area (TPSA) is 86.1 Å². The summed E-state index contributed by atoms with van der Waals surface area (Å²) in [7, 11) is 0. The van der Waals surface area contributed by atoms with E-state index in [4.69, 9.17) is 0 Å². The Morgan fingerprint density at radius 1 is 1.22 bits per heavy atom. The average molecular weight is 368 g/mol. The van der Waals surface area contributed by atoms with Crippen LogP contribution < -0.4 is 10.9 Å². The number of alkyl halides is 1. The fraction of sp³-hybridized carbons (Fsp3) is 0.158. The van der Waals surface area contributed by atoms with Gasteiger partial charge >= 0.3 is 5.97 Å². The van der Waals surface area contributed by atoms with E-state index in [1.54, 1.807) is 49.5 Å².